The summed E-state index contributed by atoms with van der Waals surface area (Å²) in [5.41, 5.74) is -0.0505. The van der Waals surface area contributed by atoms with Crippen LogP contribution in [0.15, 0.2) is 97.6 Å². The van der Waals surface area contributed by atoms with Crippen molar-refractivity contribution >= 4 is 50.6 Å². The molecule has 1 saturated heterocycles. The van der Waals surface area contributed by atoms with Crippen LogP contribution in [-0.2, 0) is 35.0 Å². The van der Waals surface area contributed by atoms with E-state index in [9.17, 15) is 32.4 Å². The van der Waals surface area contributed by atoms with Crippen molar-refractivity contribution in [3.63, 3.8) is 0 Å². The van der Waals surface area contributed by atoms with E-state index in [2.05, 4.69) is 32.6 Å². The van der Waals surface area contributed by atoms with E-state index in [-0.39, 0.29) is 31.2 Å². The van der Waals surface area contributed by atoms with Gasteiger partial charge < -0.3 is 35.6 Å². The normalized spacial score (nSPS) is 21.6. The molecule has 6 atom stereocenters. The topological polar surface area (TPSA) is 214 Å². The number of sulfonamides is 1. The van der Waals surface area contributed by atoms with Crippen molar-refractivity contribution in [2.45, 2.75) is 101 Å². The Balaban J connectivity index is 1.19. The maximum Gasteiger partial charge on any atom is 0.318 e. The number of hydrogen-bond donors (Lipinski definition) is 5. The molecule has 6 amide bonds. The number of nitrogens with zero attached hydrogens (tertiary/aromatic N) is 2. The first-order chi connectivity index (χ1) is 31.9. The summed E-state index contributed by atoms with van der Waals surface area (Å²) in [6, 6.07) is 21.1. The molecule has 2 aliphatic carbocycles. The van der Waals surface area contributed by atoms with Gasteiger partial charge in [-0.1, -0.05) is 107 Å². The van der Waals surface area contributed by atoms with Gasteiger partial charge in [0.2, 0.25) is 27.7 Å². The molecule has 0 spiro atoms. The summed E-state index contributed by atoms with van der Waals surface area (Å²) >= 11 is 0. The SMILES string of the molecule is C=CC1C[C@]1(NC(=O)[C@@H]1CC(Oc2cc(-c3ccccc3)nc3cc(OC)ccc23)CN1C(=O)N[C@H](C(=O)N[C@H](C(=O)NC)C1CCCCC1)C(C)(C)C)C(=O)NS(=O)(=O)Cc1ccccc1. The number of ether oxygens (including phenoxy) is 2. The van der Waals surface area contributed by atoms with E-state index in [1.54, 1.807) is 76.4 Å². The van der Waals surface area contributed by atoms with Crippen molar-refractivity contribution in [3.05, 3.63) is 103 Å². The van der Waals surface area contributed by atoms with Crippen molar-refractivity contribution < 1.29 is 41.9 Å². The van der Waals surface area contributed by atoms with Gasteiger partial charge in [-0.15, -0.1) is 6.58 Å². The molecule has 1 aliphatic heterocycles. The van der Waals surface area contributed by atoms with Gasteiger partial charge in [0.15, 0.2) is 0 Å². The number of aromatic nitrogens is 1. The molecule has 0 bridgehead atoms. The first kappa shape index (κ1) is 48.4. The van der Waals surface area contributed by atoms with Gasteiger partial charge in [-0.05, 0) is 48.3 Å². The number of methoxy groups -OCH3 is 1. The quantitative estimate of drug-likeness (QED) is 0.0906. The fraction of sp³-hybridized carbons (Fsp3) is 0.440. The van der Waals surface area contributed by atoms with Crippen LogP contribution in [0.4, 0.5) is 4.79 Å². The molecule has 3 fully saturated rings. The second kappa shape index (κ2) is 20.2. The Hall–Kier alpha value is -6.49. The Labute approximate surface area is 392 Å². The van der Waals surface area contributed by atoms with E-state index in [1.165, 1.54) is 18.0 Å². The number of benzene rings is 3. The third kappa shape index (κ3) is 11.2. The first-order valence-electron chi connectivity index (χ1n) is 22.8. The number of fused-ring (bicyclic) bond motifs is 1. The van der Waals surface area contributed by atoms with Crippen molar-refractivity contribution in [2.75, 3.05) is 20.7 Å². The molecule has 2 heterocycles. The molecule has 67 heavy (non-hydrogen) atoms. The monoisotopic (exact) mass is 935 g/mol. The highest BCUT2D eigenvalue weighted by Crippen LogP contribution is 2.45. The Kier molecular flexibility index (Phi) is 14.6. The van der Waals surface area contributed by atoms with Crippen LogP contribution in [-0.4, -0.2) is 98.4 Å². The lowest BCUT2D eigenvalue weighted by Crippen LogP contribution is -2.62. The highest BCUT2D eigenvalue weighted by Gasteiger charge is 2.61. The van der Waals surface area contributed by atoms with Crippen molar-refractivity contribution in [1.82, 2.24) is 35.9 Å². The summed E-state index contributed by atoms with van der Waals surface area (Å²) in [5.74, 6) is -2.68. The summed E-state index contributed by atoms with van der Waals surface area (Å²) in [7, 11) is -1.11. The molecular weight excluding hydrogens is 875 g/mol. The lowest BCUT2D eigenvalue weighted by molar-refractivity contribution is -0.132. The van der Waals surface area contributed by atoms with Crippen LogP contribution < -0.4 is 35.5 Å². The molecule has 5 N–H and O–H groups in total. The second-order valence-electron chi connectivity index (χ2n) is 18.8. The van der Waals surface area contributed by atoms with E-state index in [0.717, 1.165) is 37.7 Å². The smallest absolute Gasteiger partial charge is 0.318 e. The Morgan fingerprint density at radius 1 is 0.925 bits per heavy atom. The Morgan fingerprint density at radius 2 is 1.61 bits per heavy atom. The molecule has 3 aliphatic rings. The summed E-state index contributed by atoms with van der Waals surface area (Å²) in [4.78, 5) is 77.0. The summed E-state index contributed by atoms with van der Waals surface area (Å²) in [6.45, 7) is 9.07. The average molecular weight is 936 g/mol. The van der Waals surface area contributed by atoms with Gasteiger partial charge >= 0.3 is 6.03 Å². The fourth-order valence-electron chi connectivity index (χ4n) is 9.23. The Bertz CT molecular complexity index is 2600. The third-order valence-corrected chi connectivity index (χ3v) is 14.2. The third-order valence-electron chi connectivity index (χ3n) is 13.0. The molecule has 0 radical (unpaired) electrons. The molecule has 1 aromatic heterocycles. The minimum atomic E-state index is -4.19. The van der Waals surface area contributed by atoms with Crippen LogP contribution in [0.25, 0.3) is 22.2 Å². The molecule has 17 heteroatoms. The predicted octanol–water partition coefficient (Wildman–Crippen LogP) is 5.37. The van der Waals surface area contributed by atoms with E-state index in [0.29, 0.717) is 33.7 Å². The molecule has 16 nitrogen and oxygen atoms in total. The van der Waals surface area contributed by atoms with Crippen LogP contribution in [0.3, 0.4) is 0 Å². The summed E-state index contributed by atoms with van der Waals surface area (Å²) in [5, 5.41) is 12.0. The van der Waals surface area contributed by atoms with Crippen molar-refractivity contribution in [2.24, 2.45) is 17.3 Å². The number of hydrogen-bond acceptors (Lipinski definition) is 10. The van der Waals surface area contributed by atoms with Gasteiger partial charge in [-0.3, -0.25) is 23.9 Å². The predicted molar refractivity (Wildman–Crippen MR) is 254 cm³/mol. The van der Waals surface area contributed by atoms with Gasteiger partial charge in [0.25, 0.3) is 5.91 Å². The number of amides is 6. The molecule has 2 saturated carbocycles. The number of rotatable bonds is 16. The van der Waals surface area contributed by atoms with E-state index in [4.69, 9.17) is 14.5 Å². The van der Waals surface area contributed by atoms with Crippen LogP contribution in [0.2, 0.25) is 0 Å². The maximum absolute atomic E-state index is 14.7. The van der Waals surface area contributed by atoms with E-state index < -0.39 is 80.6 Å². The van der Waals surface area contributed by atoms with Crippen molar-refractivity contribution in [1.29, 1.82) is 0 Å². The molecule has 4 aromatic rings. The van der Waals surface area contributed by atoms with E-state index in [1.807, 2.05) is 36.4 Å². The van der Waals surface area contributed by atoms with Gasteiger partial charge in [0.05, 0.1) is 30.6 Å². The van der Waals surface area contributed by atoms with Gasteiger partial charge in [-0.25, -0.2) is 18.2 Å². The maximum atomic E-state index is 14.7. The zero-order valence-electron chi connectivity index (χ0n) is 38.7. The number of pyridine rings is 1. The zero-order valence-corrected chi connectivity index (χ0v) is 39.5. The number of nitrogens with one attached hydrogen (secondary N) is 5. The minimum Gasteiger partial charge on any atom is -0.497 e. The van der Waals surface area contributed by atoms with Crippen LogP contribution in [0.1, 0.15) is 71.3 Å². The van der Waals surface area contributed by atoms with E-state index >= 15 is 0 Å². The molecule has 356 valence electrons. The van der Waals surface area contributed by atoms with Gasteiger partial charge in [0, 0.05) is 42.5 Å². The minimum absolute atomic E-state index is 0.0462. The molecule has 2 unspecified atom stereocenters. The molecule has 7 rings (SSSR count). The van der Waals surface area contributed by atoms with Crippen LogP contribution >= 0.6 is 0 Å². The number of likely N-dealkylation sites (tertiary alicyclic amines) is 1. The highest BCUT2D eigenvalue weighted by molar-refractivity contribution is 7.89. The Morgan fingerprint density at radius 3 is 2.24 bits per heavy atom. The largest absolute Gasteiger partial charge is 0.497 e. The van der Waals surface area contributed by atoms with Crippen LogP contribution in [0.5, 0.6) is 11.5 Å². The highest BCUT2D eigenvalue weighted by atomic mass is 32.2. The molecular formula is C50H61N7O9S. The number of carbonyl (C=O) groups excluding carboxylic acids is 5. The lowest BCUT2D eigenvalue weighted by Gasteiger charge is -2.36. The first-order valence-corrected chi connectivity index (χ1v) is 24.4. The zero-order chi connectivity index (χ0) is 48.1. The number of carbonyl (C=O) groups is 5. The second-order valence-corrected chi connectivity index (χ2v) is 20.6. The standard InChI is InChI=1S/C50H61N7O9S/c1-7-34-28-50(34,47(61)56-67(63,64)30-31-17-11-8-12-18-31)55-44(58)40-26-36(66-41-27-38(32-19-13-9-14-20-32)52-39-25-35(65-6)23-24-37(39)41)29-57(40)48(62)54-43(49(2,3)4)46(60)53-42(45(59)51-5)33-21-15-10-16-22-33/h7-9,11-14,17-20,23-25,27,33-34,36,40,42-43H,1,10,15-16,21-22,26,28-30H2,2-6H3,(H,51,59)(H,53,60)(H,54,62)(H,55,58)(H,56,61)/t34?,36?,40-,42-,43+,50+/m0/s1. The van der Waals surface area contributed by atoms with Gasteiger partial charge in [-0.2, -0.15) is 0 Å². The summed E-state index contributed by atoms with van der Waals surface area (Å²) < 4.78 is 40.9. The number of likely N-dealkylation sites (N-methyl/N-ethyl adjacent to an activating group) is 1. The fourth-order valence-corrected chi connectivity index (χ4v) is 10.4. The van der Waals surface area contributed by atoms with Gasteiger partial charge in [0.1, 0.15) is 41.3 Å². The summed E-state index contributed by atoms with van der Waals surface area (Å²) in [6.07, 6.45) is 5.18. The molecule has 3 aromatic carbocycles. The number of urea groups is 1. The average Bonchev–Trinajstić information content (AvgIpc) is 3.87. The lowest BCUT2D eigenvalue weighted by atomic mass is 9.82. The van der Waals surface area contributed by atoms with Crippen LogP contribution in [0, 0.1) is 17.3 Å². The van der Waals surface area contributed by atoms with Crippen molar-refractivity contribution in [3.8, 4) is 22.8 Å².